The zero-order valence-corrected chi connectivity index (χ0v) is 22.9. The minimum atomic E-state index is -0.0960. The van der Waals surface area contributed by atoms with Gasteiger partial charge in [0.25, 0.3) is 0 Å². The number of aromatic nitrogens is 3. The zero-order chi connectivity index (χ0) is 27.0. The number of H-pyrrole nitrogens is 1. The number of hydrogen-bond donors (Lipinski definition) is 1. The summed E-state index contributed by atoms with van der Waals surface area (Å²) >= 11 is 1.60. The third-order valence-corrected chi connectivity index (χ3v) is 8.34. The van der Waals surface area contributed by atoms with Gasteiger partial charge in [0.15, 0.2) is 23.1 Å². The van der Waals surface area contributed by atoms with Crippen molar-refractivity contribution in [2.45, 2.75) is 73.6 Å². The standard InChI is InChI=1S/C29H31N3O4S/c1-14-12-31-25(37-14)10-8-22-18(5)27(34)19(6)23(29(22)36)11-20-13-30-24(32-20)9-7-21-17(4)26(33)15(2)16(3)28(21)35/h12-13H,7-11H2,1-6H3,(H,30,32). The number of carbonyl (C=O) groups excluding carboxylic acids is 4. The van der Waals surface area contributed by atoms with Crippen LogP contribution in [0.25, 0.3) is 0 Å². The highest BCUT2D eigenvalue weighted by molar-refractivity contribution is 7.11. The molecule has 0 saturated heterocycles. The lowest BCUT2D eigenvalue weighted by Gasteiger charge is -2.20. The van der Waals surface area contributed by atoms with Crippen LogP contribution in [0.15, 0.2) is 57.0 Å². The maximum absolute atomic E-state index is 13.4. The summed E-state index contributed by atoms with van der Waals surface area (Å²) in [5.41, 5.74) is 4.78. The van der Waals surface area contributed by atoms with Gasteiger partial charge in [0.05, 0.1) is 5.01 Å². The molecule has 0 fully saturated rings. The Hall–Kier alpha value is -3.52. The average Bonchev–Trinajstić information content (AvgIpc) is 3.51. The minimum absolute atomic E-state index is 0.0840. The SMILES string of the molecule is CC1=C(C)C(=O)C(CCc2ncc(CC3=C(C)C(=O)C(C)=C(CCc4ncc(C)s4)C3=O)[nH]2)=C(C)C1=O. The molecule has 0 aliphatic heterocycles. The van der Waals surface area contributed by atoms with Crippen LogP contribution in [0.4, 0.5) is 0 Å². The van der Waals surface area contributed by atoms with Crippen LogP contribution in [-0.4, -0.2) is 38.1 Å². The number of rotatable bonds is 8. The van der Waals surface area contributed by atoms with Crippen molar-refractivity contribution in [2.75, 3.05) is 0 Å². The third-order valence-electron chi connectivity index (χ3n) is 7.36. The van der Waals surface area contributed by atoms with Gasteiger partial charge in [0, 0.05) is 86.8 Å². The first kappa shape index (κ1) is 26.5. The van der Waals surface area contributed by atoms with Crippen LogP contribution in [0.1, 0.15) is 68.9 Å². The topological polar surface area (TPSA) is 110 Å². The Bertz CT molecular complexity index is 1480. The van der Waals surface area contributed by atoms with E-state index in [2.05, 4.69) is 15.0 Å². The predicted octanol–water partition coefficient (Wildman–Crippen LogP) is 4.87. The van der Waals surface area contributed by atoms with E-state index in [1.807, 2.05) is 13.1 Å². The number of allylic oxidation sites excluding steroid dienone is 8. The summed E-state index contributed by atoms with van der Waals surface area (Å²) < 4.78 is 0. The van der Waals surface area contributed by atoms with Gasteiger partial charge in [0.1, 0.15) is 5.82 Å². The maximum atomic E-state index is 13.4. The van der Waals surface area contributed by atoms with Gasteiger partial charge < -0.3 is 4.98 Å². The maximum Gasteiger partial charge on any atom is 0.186 e. The van der Waals surface area contributed by atoms with Crippen molar-refractivity contribution in [2.24, 2.45) is 0 Å². The fourth-order valence-electron chi connectivity index (χ4n) is 4.85. The van der Waals surface area contributed by atoms with Crippen LogP contribution in [-0.2, 0) is 38.4 Å². The molecule has 2 heterocycles. The first-order valence-corrected chi connectivity index (χ1v) is 13.2. The number of aryl methyl sites for hydroxylation is 3. The smallest absolute Gasteiger partial charge is 0.186 e. The van der Waals surface area contributed by atoms with Crippen molar-refractivity contribution in [3.05, 3.63) is 78.4 Å². The second kappa shape index (κ2) is 10.5. The van der Waals surface area contributed by atoms with Gasteiger partial charge in [-0.15, -0.1) is 11.3 Å². The Balaban J connectivity index is 1.46. The number of aromatic amines is 1. The van der Waals surface area contributed by atoms with E-state index in [0.29, 0.717) is 76.1 Å². The molecule has 0 unspecified atom stereocenters. The van der Waals surface area contributed by atoms with Crippen molar-refractivity contribution in [3.8, 4) is 0 Å². The highest BCUT2D eigenvalue weighted by Crippen LogP contribution is 2.30. The fourth-order valence-corrected chi connectivity index (χ4v) is 5.64. The van der Waals surface area contributed by atoms with Gasteiger partial charge in [-0.2, -0.15) is 0 Å². The molecule has 2 aromatic rings. The highest BCUT2D eigenvalue weighted by atomic mass is 32.1. The van der Waals surface area contributed by atoms with Crippen LogP contribution in [0, 0.1) is 6.92 Å². The molecule has 0 bridgehead atoms. The molecule has 37 heavy (non-hydrogen) atoms. The van der Waals surface area contributed by atoms with Crippen molar-refractivity contribution in [1.29, 1.82) is 0 Å². The van der Waals surface area contributed by atoms with Crippen molar-refractivity contribution in [1.82, 2.24) is 15.0 Å². The summed E-state index contributed by atoms with van der Waals surface area (Å²) in [5.74, 6) is 0.304. The molecule has 1 N–H and O–H groups in total. The van der Waals surface area contributed by atoms with E-state index in [1.54, 1.807) is 52.2 Å². The Kier molecular flexibility index (Phi) is 7.50. The number of hydrogen-bond acceptors (Lipinski definition) is 7. The molecule has 0 aromatic carbocycles. The number of thiazole rings is 1. The molecule has 192 valence electrons. The molecular weight excluding hydrogens is 486 g/mol. The molecule has 7 nitrogen and oxygen atoms in total. The number of carbonyl (C=O) groups is 4. The normalized spacial score (nSPS) is 17.2. The number of Topliss-reactive ketones (excluding diaryl/α,β-unsaturated/α-hetero) is 4. The summed E-state index contributed by atoms with van der Waals surface area (Å²) in [7, 11) is 0. The van der Waals surface area contributed by atoms with Crippen LogP contribution in [0.5, 0.6) is 0 Å². The zero-order valence-electron chi connectivity index (χ0n) is 22.1. The molecular formula is C29H31N3O4S. The van der Waals surface area contributed by atoms with Gasteiger partial charge >= 0.3 is 0 Å². The lowest BCUT2D eigenvalue weighted by molar-refractivity contribution is -0.116. The summed E-state index contributed by atoms with van der Waals surface area (Å²) in [6.45, 7) is 10.5. The van der Waals surface area contributed by atoms with Crippen molar-refractivity contribution >= 4 is 34.5 Å². The predicted molar refractivity (Wildman–Crippen MR) is 142 cm³/mol. The summed E-state index contributed by atoms with van der Waals surface area (Å²) in [4.78, 5) is 64.7. The molecule has 0 radical (unpaired) electrons. The second-order valence-corrected chi connectivity index (χ2v) is 11.1. The van der Waals surface area contributed by atoms with E-state index in [-0.39, 0.29) is 29.6 Å². The first-order chi connectivity index (χ1) is 17.5. The highest BCUT2D eigenvalue weighted by Gasteiger charge is 2.31. The molecule has 0 saturated carbocycles. The van der Waals surface area contributed by atoms with Crippen molar-refractivity contribution in [3.63, 3.8) is 0 Å². The van der Waals surface area contributed by atoms with Gasteiger partial charge in [-0.1, -0.05) is 0 Å². The van der Waals surface area contributed by atoms with E-state index in [4.69, 9.17) is 0 Å². The molecule has 4 rings (SSSR count). The molecule has 8 heteroatoms. The summed E-state index contributed by atoms with van der Waals surface area (Å²) in [6, 6.07) is 0. The Morgan fingerprint density at radius 2 is 1.19 bits per heavy atom. The molecule has 2 aliphatic rings. The molecule has 0 amide bonds. The van der Waals surface area contributed by atoms with Crippen LogP contribution in [0.3, 0.4) is 0 Å². The van der Waals surface area contributed by atoms with Crippen LogP contribution < -0.4 is 0 Å². The largest absolute Gasteiger partial charge is 0.346 e. The summed E-state index contributed by atoms with van der Waals surface area (Å²) in [5, 5.41) is 0.952. The van der Waals surface area contributed by atoms with Gasteiger partial charge in [-0.3, -0.25) is 19.2 Å². The molecule has 0 spiro atoms. The number of ketones is 4. The molecule has 2 aliphatic carbocycles. The fraction of sp³-hybridized carbons (Fsp3) is 0.379. The summed E-state index contributed by atoms with van der Waals surface area (Å²) in [6.07, 6.45) is 5.71. The first-order valence-electron chi connectivity index (χ1n) is 12.4. The van der Waals surface area contributed by atoms with E-state index in [1.165, 1.54) is 0 Å². The Morgan fingerprint density at radius 1 is 0.622 bits per heavy atom. The minimum Gasteiger partial charge on any atom is -0.346 e. The average molecular weight is 518 g/mol. The Morgan fingerprint density at radius 3 is 1.84 bits per heavy atom. The van der Waals surface area contributed by atoms with Gasteiger partial charge in [-0.05, 0) is 54.4 Å². The van der Waals surface area contributed by atoms with Gasteiger partial charge in [0.2, 0.25) is 0 Å². The van der Waals surface area contributed by atoms with E-state index >= 15 is 0 Å². The van der Waals surface area contributed by atoms with E-state index < -0.39 is 0 Å². The molecule has 0 atom stereocenters. The van der Waals surface area contributed by atoms with Crippen molar-refractivity contribution < 1.29 is 19.2 Å². The van der Waals surface area contributed by atoms with E-state index in [9.17, 15) is 19.2 Å². The lowest BCUT2D eigenvalue weighted by atomic mass is 9.82. The quantitative estimate of drug-likeness (QED) is 0.500. The molecule has 2 aromatic heterocycles. The Labute approximate surface area is 220 Å². The number of nitrogens with one attached hydrogen (secondary N) is 1. The number of imidazole rings is 1. The third kappa shape index (κ3) is 5.16. The lowest BCUT2D eigenvalue weighted by Crippen LogP contribution is -2.23. The monoisotopic (exact) mass is 517 g/mol. The number of nitrogens with zero attached hydrogens (tertiary/aromatic N) is 2. The van der Waals surface area contributed by atoms with Crippen LogP contribution >= 0.6 is 11.3 Å². The van der Waals surface area contributed by atoms with Crippen LogP contribution in [0.2, 0.25) is 0 Å². The van der Waals surface area contributed by atoms with Gasteiger partial charge in [-0.25, -0.2) is 9.97 Å². The van der Waals surface area contributed by atoms with E-state index in [0.717, 1.165) is 15.6 Å². The second-order valence-electron chi connectivity index (χ2n) is 9.77.